The van der Waals surface area contributed by atoms with Gasteiger partial charge in [0, 0.05) is 16.8 Å². The third-order valence-electron chi connectivity index (χ3n) is 5.34. The van der Waals surface area contributed by atoms with Crippen molar-refractivity contribution in [2.75, 3.05) is 4.90 Å². The fourth-order valence-corrected chi connectivity index (χ4v) is 5.01. The number of carboxylic acids is 1. The zero-order valence-corrected chi connectivity index (χ0v) is 18.7. The van der Waals surface area contributed by atoms with Gasteiger partial charge < -0.3 is 10.2 Å². The maximum atomic E-state index is 13.2. The first-order valence-corrected chi connectivity index (χ1v) is 11.2. The number of thiazole rings is 1. The second-order valence-corrected chi connectivity index (χ2v) is 8.86. The molecule has 0 aliphatic carbocycles. The van der Waals surface area contributed by atoms with Crippen LogP contribution in [0.2, 0.25) is 5.02 Å². The number of nitrogens with zero attached hydrogens (tertiary/aromatic N) is 3. The number of rotatable bonds is 4. The smallest absolute Gasteiger partial charge is 0.335 e. The van der Waals surface area contributed by atoms with Gasteiger partial charge in [0.15, 0.2) is 5.13 Å². The van der Waals surface area contributed by atoms with Gasteiger partial charge in [0.05, 0.1) is 27.0 Å². The van der Waals surface area contributed by atoms with Crippen LogP contribution >= 0.6 is 22.9 Å². The number of ketones is 1. The molecular formula is C24H14ClN3O5S. The van der Waals surface area contributed by atoms with Gasteiger partial charge in [-0.15, -0.1) is 0 Å². The first-order valence-electron chi connectivity index (χ1n) is 9.97. The molecule has 0 radical (unpaired) electrons. The quantitative estimate of drug-likeness (QED) is 0.242. The number of aromatic carboxylic acids is 1. The van der Waals surface area contributed by atoms with Crippen LogP contribution in [0.15, 0.2) is 72.4 Å². The number of carbonyl (C=O) groups excluding carboxylic acids is 2. The third-order valence-corrected chi connectivity index (χ3v) is 6.59. The number of carboxylic acid groups (broad SMARTS) is 1. The van der Waals surface area contributed by atoms with E-state index in [-0.39, 0.29) is 27.6 Å². The molecule has 5 rings (SSSR count). The van der Waals surface area contributed by atoms with Gasteiger partial charge in [0.2, 0.25) is 0 Å². The molecule has 34 heavy (non-hydrogen) atoms. The van der Waals surface area contributed by atoms with Gasteiger partial charge >= 0.3 is 11.9 Å². The maximum Gasteiger partial charge on any atom is 0.335 e. The van der Waals surface area contributed by atoms with Crippen molar-refractivity contribution in [3.63, 3.8) is 0 Å². The minimum atomic E-state index is -1.09. The zero-order valence-electron chi connectivity index (χ0n) is 17.2. The van der Waals surface area contributed by atoms with Crippen LogP contribution in [-0.2, 0) is 9.59 Å². The van der Waals surface area contributed by atoms with E-state index in [1.807, 2.05) is 0 Å². The Morgan fingerprint density at radius 2 is 1.82 bits per heavy atom. The molecule has 1 unspecified atom stereocenters. The Morgan fingerprint density at radius 3 is 2.53 bits per heavy atom. The van der Waals surface area contributed by atoms with Crippen LogP contribution in [-0.4, -0.2) is 37.8 Å². The molecule has 2 aromatic heterocycles. The van der Waals surface area contributed by atoms with Crippen molar-refractivity contribution in [3.05, 3.63) is 94.3 Å². The molecule has 1 atom stereocenters. The molecule has 0 spiro atoms. The van der Waals surface area contributed by atoms with E-state index in [4.69, 9.17) is 11.6 Å². The predicted octanol–water partition coefficient (Wildman–Crippen LogP) is 4.67. The topological polar surface area (TPSA) is 121 Å². The van der Waals surface area contributed by atoms with E-state index >= 15 is 0 Å². The molecule has 10 heteroatoms. The summed E-state index contributed by atoms with van der Waals surface area (Å²) in [4.78, 5) is 47.7. The van der Waals surface area contributed by atoms with Gasteiger partial charge in [0.25, 0.3) is 5.78 Å². The average molecular weight is 492 g/mol. The lowest BCUT2D eigenvalue weighted by Crippen LogP contribution is -2.29. The highest BCUT2D eigenvalue weighted by Gasteiger charge is 2.48. The second kappa shape index (κ2) is 8.36. The van der Waals surface area contributed by atoms with Crippen molar-refractivity contribution in [3.8, 4) is 0 Å². The van der Waals surface area contributed by atoms with E-state index in [9.17, 15) is 24.6 Å². The van der Waals surface area contributed by atoms with E-state index in [1.54, 1.807) is 36.4 Å². The lowest BCUT2D eigenvalue weighted by atomic mass is 9.98. The Bertz CT molecular complexity index is 1520. The largest absolute Gasteiger partial charge is 0.507 e. The monoisotopic (exact) mass is 491 g/mol. The van der Waals surface area contributed by atoms with Crippen LogP contribution in [0.4, 0.5) is 5.13 Å². The maximum absolute atomic E-state index is 13.2. The number of aliphatic hydroxyl groups excluding tert-OH is 1. The third kappa shape index (κ3) is 3.60. The van der Waals surface area contributed by atoms with Crippen LogP contribution in [0.5, 0.6) is 0 Å². The summed E-state index contributed by atoms with van der Waals surface area (Å²) >= 11 is 7.13. The Hall–Kier alpha value is -4.08. The number of fused-ring (bicyclic) bond motifs is 1. The Labute approximate surface area is 201 Å². The van der Waals surface area contributed by atoms with Crippen molar-refractivity contribution in [2.24, 2.45) is 0 Å². The Kier molecular flexibility index (Phi) is 5.35. The fraction of sp³-hybridized carbons (Fsp3) is 0.0417. The van der Waals surface area contributed by atoms with Gasteiger partial charge in [-0.05, 0) is 42.5 Å². The van der Waals surface area contributed by atoms with Crippen molar-refractivity contribution in [1.82, 2.24) is 9.97 Å². The zero-order chi connectivity index (χ0) is 24.0. The van der Waals surface area contributed by atoms with Gasteiger partial charge in [0.1, 0.15) is 11.8 Å². The number of pyridine rings is 1. The normalized spacial score (nSPS) is 17.4. The van der Waals surface area contributed by atoms with Gasteiger partial charge in [-0.1, -0.05) is 41.1 Å². The highest BCUT2D eigenvalue weighted by Crippen LogP contribution is 2.43. The lowest BCUT2D eigenvalue weighted by Gasteiger charge is -2.21. The molecule has 1 aliphatic heterocycles. The van der Waals surface area contributed by atoms with Gasteiger partial charge in [-0.2, -0.15) is 0 Å². The van der Waals surface area contributed by atoms with E-state index in [2.05, 4.69) is 9.97 Å². The van der Waals surface area contributed by atoms with E-state index in [1.165, 1.54) is 35.4 Å². The predicted molar refractivity (Wildman–Crippen MR) is 127 cm³/mol. The minimum absolute atomic E-state index is 0.0759. The molecule has 4 aromatic rings. The number of Topliss-reactive ketones (excluding diaryl/α,β-unsaturated/α-hetero) is 1. The lowest BCUT2D eigenvalue weighted by molar-refractivity contribution is -0.132. The molecule has 3 heterocycles. The van der Waals surface area contributed by atoms with Crippen molar-refractivity contribution in [2.45, 2.75) is 6.04 Å². The van der Waals surface area contributed by atoms with E-state index in [0.29, 0.717) is 20.9 Å². The van der Waals surface area contributed by atoms with Crippen LogP contribution < -0.4 is 4.90 Å². The number of hydrogen-bond donors (Lipinski definition) is 2. The number of halogens is 1. The van der Waals surface area contributed by atoms with Crippen molar-refractivity contribution >= 4 is 61.7 Å². The number of hydrogen-bond acceptors (Lipinski definition) is 7. The van der Waals surface area contributed by atoms with Crippen LogP contribution in [0.3, 0.4) is 0 Å². The summed E-state index contributed by atoms with van der Waals surface area (Å²) in [6.45, 7) is 0. The molecule has 1 amide bonds. The second-order valence-electron chi connectivity index (χ2n) is 7.42. The standard InChI is InChI=1S/C24H14ClN3O5S/c25-14-5-3-4-12(10-14)20(29)18-19(16-6-1-2-9-26-16)28(22(31)21(18)30)24-27-15-8-7-13(23(32)33)11-17(15)34-24/h1-11,19,29H,(H,32,33)/b20-18+. The van der Waals surface area contributed by atoms with Crippen molar-refractivity contribution in [1.29, 1.82) is 0 Å². The van der Waals surface area contributed by atoms with Crippen LogP contribution in [0, 0.1) is 0 Å². The van der Waals surface area contributed by atoms with Crippen LogP contribution in [0.1, 0.15) is 27.7 Å². The van der Waals surface area contributed by atoms with E-state index in [0.717, 1.165) is 11.3 Å². The first-order chi connectivity index (χ1) is 16.3. The molecule has 0 bridgehead atoms. The van der Waals surface area contributed by atoms with E-state index < -0.39 is 23.7 Å². The SMILES string of the molecule is O=C1C(=O)N(c2nc3ccc(C(=O)O)cc3s2)C(c2ccccn2)/C1=C(\O)c1cccc(Cl)c1. The summed E-state index contributed by atoms with van der Waals surface area (Å²) in [5.74, 6) is -3.24. The number of aliphatic hydroxyl groups is 1. The molecule has 8 nitrogen and oxygen atoms in total. The molecule has 2 N–H and O–H groups in total. The summed E-state index contributed by atoms with van der Waals surface area (Å²) in [6.07, 6.45) is 1.52. The Morgan fingerprint density at radius 1 is 1.00 bits per heavy atom. The summed E-state index contributed by atoms with van der Waals surface area (Å²) in [5, 5.41) is 20.9. The molecule has 1 saturated heterocycles. The van der Waals surface area contributed by atoms with Gasteiger partial charge in [-0.25, -0.2) is 9.78 Å². The molecule has 1 aliphatic rings. The minimum Gasteiger partial charge on any atom is -0.507 e. The summed E-state index contributed by atoms with van der Waals surface area (Å²) in [7, 11) is 0. The number of benzene rings is 2. The first kappa shape index (κ1) is 21.7. The van der Waals surface area contributed by atoms with Gasteiger partial charge in [-0.3, -0.25) is 19.5 Å². The number of carbonyl (C=O) groups is 3. The number of anilines is 1. The highest BCUT2D eigenvalue weighted by atomic mass is 35.5. The molecule has 2 aromatic carbocycles. The summed E-state index contributed by atoms with van der Waals surface area (Å²) in [6, 6.07) is 14.7. The summed E-state index contributed by atoms with van der Waals surface area (Å²) in [5.41, 5.74) is 1.04. The average Bonchev–Trinajstić information content (AvgIpc) is 3.37. The Balaban J connectivity index is 1.71. The molecule has 0 saturated carbocycles. The molecule has 1 fully saturated rings. The number of amides is 1. The molecule has 168 valence electrons. The van der Waals surface area contributed by atoms with Crippen molar-refractivity contribution < 1.29 is 24.6 Å². The highest BCUT2D eigenvalue weighted by molar-refractivity contribution is 7.22. The van der Waals surface area contributed by atoms with Crippen LogP contribution in [0.25, 0.3) is 16.0 Å². The number of aromatic nitrogens is 2. The molecular weight excluding hydrogens is 478 g/mol. The summed E-state index contributed by atoms with van der Waals surface area (Å²) < 4.78 is 0.534. The fourth-order valence-electron chi connectivity index (χ4n) is 3.79.